The summed E-state index contributed by atoms with van der Waals surface area (Å²) in [5.41, 5.74) is 4.20. The largest absolute Gasteiger partial charge is 0.493 e. The fraction of sp³-hybridized carbons (Fsp3) is 0.231. The van der Waals surface area contributed by atoms with E-state index in [0.717, 1.165) is 29.6 Å². The fourth-order valence-electron chi connectivity index (χ4n) is 3.74. The standard InChI is InChI=1S/C26H28N4O2/c1-4-14-27-25(18-8-6-5-7-9-18)19-10-12-20(13-11-19)30-26-21-15-23(31-2)24(32-3)16-22(21)28-17-29-26/h5-13,15-17,25,27H,4,14H2,1-3H3,(H,28,29,30)/t25-/m1/s1. The second-order valence-electron chi connectivity index (χ2n) is 7.49. The first kappa shape index (κ1) is 21.6. The predicted molar refractivity (Wildman–Crippen MR) is 129 cm³/mol. The molecule has 32 heavy (non-hydrogen) atoms. The Kier molecular flexibility index (Phi) is 6.82. The molecule has 4 rings (SSSR count). The van der Waals surface area contributed by atoms with Gasteiger partial charge in [0, 0.05) is 17.1 Å². The van der Waals surface area contributed by atoms with E-state index in [4.69, 9.17) is 9.47 Å². The van der Waals surface area contributed by atoms with Crippen molar-refractivity contribution in [1.82, 2.24) is 15.3 Å². The van der Waals surface area contributed by atoms with Crippen LogP contribution in [-0.2, 0) is 0 Å². The van der Waals surface area contributed by atoms with Gasteiger partial charge in [-0.2, -0.15) is 0 Å². The molecule has 0 fully saturated rings. The highest BCUT2D eigenvalue weighted by Gasteiger charge is 2.14. The van der Waals surface area contributed by atoms with E-state index in [9.17, 15) is 0 Å². The Balaban J connectivity index is 1.61. The van der Waals surface area contributed by atoms with Crippen molar-refractivity contribution in [2.24, 2.45) is 0 Å². The van der Waals surface area contributed by atoms with Gasteiger partial charge in [0.2, 0.25) is 0 Å². The van der Waals surface area contributed by atoms with E-state index in [1.54, 1.807) is 20.5 Å². The summed E-state index contributed by atoms with van der Waals surface area (Å²) in [5.74, 6) is 1.99. The number of anilines is 2. The van der Waals surface area contributed by atoms with Gasteiger partial charge in [0.15, 0.2) is 11.5 Å². The van der Waals surface area contributed by atoms with Gasteiger partial charge >= 0.3 is 0 Å². The van der Waals surface area contributed by atoms with E-state index in [2.05, 4.69) is 76.1 Å². The molecule has 0 bridgehead atoms. The Morgan fingerprint density at radius 3 is 2.22 bits per heavy atom. The first-order chi connectivity index (χ1) is 15.7. The third kappa shape index (κ3) is 4.65. The zero-order valence-corrected chi connectivity index (χ0v) is 18.6. The number of ether oxygens (including phenoxy) is 2. The van der Waals surface area contributed by atoms with Crippen molar-refractivity contribution in [3.05, 3.63) is 84.2 Å². The first-order valence-electron chi connectivity index (χ1n) is 10.8. The van der Waals surface area contributed by atoms with E-state index in [1.807, 2.05) is 18.2 Å². The lowest BCUT2D eigenvalue weighted by Gasteiger charge is -2.20. The summed E-state index contributed by atoms with van der Waals surface area (Å²) in [4.78, 5) is 8.82. The Morgan fingerprint density at radius 1 is 0.844 bits per heavy atom. The highest BCUT2D eigenvalue weighted by atomic mass is 16.5. The second kappa shape index (κ2) is 10.1. The van der Waals surface area contributed by atoms with Crippen LogP contribution in [0.15, 0.2) is 73.1 Å². The van der Waals surface area contributed by atoms with Gasteiger partial charge in [-0.25, -0.2) is 9.97 Å². The molecule has 6 heteroatoms. The summed E-state index contributed by atoms with van der Waals surface area (Å²) < 4.78 is 10.8. The molecular weight excluding hydrogens is 400 g/mol. The maximum Gasteiger partial charge on any atom is 0.162 e. The highest BCUT2D eigenvalue weighted by molar-refractivity contribution is 5.93. The minimum atomic E-state index is 0.154. The number of benzene rings is 3. The van der Waals surface area contributed by atoms with Crippen LogP contribution in [-0.4, -0.2) is 30.7 Å². The molecule has 0 aliphatic carbocycles. The van der Waals surface area contributed by atoms with Gasteiger partial charge in [0.1, 0.15) is 12.1 Å². The molecule has 0 saturated heterocycles. The van der Waals surface area contributed by atoms with E-state index in [-0.39, 0.29) is 6.04 Å². The van der Waals surface area contributed by atoms with Crippen LogP contribution in [0.4, 0.5) is 11.5 Å². The molecule has 1 aromatic heterocycles. The van der Waals surface area contributed by atoms with Crippen molar-refractivity contribution >= 4 is 22.4 Å². The van der Waals surface area contributed by atoms with Crippen molar-refractivity contribution in [2.45, 2.75) is 19.4 Å². The van der Waals surface area contributed by atoms with Crippen LogP contribution in [0.3, 0.4) is 0 Å². The maximum atomic E-state index is 5.45. The highest BCUT2D eigenvalue weighted by Crippen LogP contribution is 2.34. The third-order valence-corrected chi connectivity index (χ3v) is 5.38. The lowest BCUT2D eigenvalue weighted by atomic mass is 9.98. The third-order valence-electron chi connectivity index (χ3n) is 5.38. The van der Waals surface area contributed by atoms with Gasteiger partial charge < -0.3 is 20.1 Å². The van der Waals surface area contributed by atoms with E-state index in [1.165, 1.54) is 11.1 Å². The Morgan fingerprint density at radius 2 is 1.53 bits per heavy atom. The molecule has 0 radical (unpaired) electrons. The summed E-state index contributed by atoms with van der Waals surface area (Å²) in [5, 5.41) is 7.93. The van der Waals surface area contributed by atoms with E-state index in [0.29, 0.717) is 17.3 Å². The second-order valence-corrected chi connectivity index (χ2v) is 7.49. The quantitative estimate of drug-likeness (QED) is 0.368. The number of aromatic nitrogens is 2. The minimum Gasteiger partial charge on any atom is -0.493 e. The molecule has 164 valence electrons. The molecule has 1 atom stereocenters. The average molecular weight is 429 g/mol. The topological polar surface area (TPSA) is 68.3 Å². The van der Waals surface area contributed by atoms with Crippen LogP contribution in [0.5, 0.6) is 11.5 Å². The van der Waals surface area contributed by atoms with Crippen molar-refractivity contribution < 1.29 is 9.47 Å². The molecule has 4 aromatic rings. The average Bonchev–Trinajstić information content (AvgIpc) is 2.85. The SMILES string of the molecule is CCCN[C@H](c1ccccc1)c1ccc(Nc2ncnc3cc(OC)c(OC)cc23)cc1. The van der Waals surface area contributed by atoms with Crippen LogP contribution < -0.4 is 20.1 Å². The minimum absolute atomic E-state index is 0.154. The molecule has 0 unspecified atom stereocenters. The van der Waals surface area contributed by atoms with Crippen LogP contribution in [0, 0.1) is 0 Å². The zero-order valence-electron chi connectivity index (χ0n) is 18.6. The molecular formula is C26H28N4O2. The molecule has 0 amide bonds. The van der Waals surface area contributed by atoms with Crippen LogP contribution in [0.25, 0.3) is 10.9 Å². The molecule has 0 saturated carbocycles. The lowest BCUT2D eigenvalue weighted by molar-refractivity contribution is 0.356. The number of rotatable bonds is 9. The Bertz CT molecular complexity index is 1160. The zero-order chi connectivity index (χ0) is 22.3. The smallest absolute Gasteiger partial charge is 0.162 e. The molecule has 2 N–H and O–H groups in total. The van der Waals surface area contributed by atoms with Gasteiger partial charge in [-0.3, -0.25) is 0 Å². The molecule has 1 heterocycles. The molecule has 3 aromatic carbocycles. The molecule has 0 aliphatic rings. The van der Waals surface area contributed by atoms with Crippen molar-refractivity contribution in [3.8, 4) is 11.5 Å². The maximum absolute atomic E-state index is 5.45. The number of hydrogen-bond donors (Lipinski definition) is 2. The fourth-order valence-corrected chi connectivity index (χ4v) is 3.74. The first-order valence-corrected chi connectivity index (χ1v) is 10.8. The Labute approximate surface area is 188 Å². The molecule has 0 spiro atoms. The lowest BCUT2D eigenvalue weighted by Crippen LogP contribution is -2.23. The Hall–Kier alpha value is -3.64. The normalized spacial score (nSPS) is 11.8. The van der Waals surface area contributed by atoms with Gasteiger partial charge in [-0.05, 0) is 42.3 Å². The van der Waals surface area contributed by atoms with Gasteiger partial charge in [-0.15, -0.1) is 0 Å². The predicted octanol–water partition coefficient (Wildman–Crippen LogP) is 5.48. The van der Waals surface area contributed by atoms with E-state index >= 15 is 0 Å². The van der Waals surface area contributed by atoms with Gasteiger partial charge in [0.05, 0.1) is 25.8 Å². The number of fused-ring (bicyclic) bond motifs is 1. The number of nitrogens with one attached hydrogen (secondary N) is 2. The molecule has 0 aliphatic heterocycles. The van der Waals surface area contributed by atoms with Gasteiger partial charge in [0.25, 0.3) is 0 Å². The summed E-state index contributed by atoms with van der Waals surface area (Å²) in [7, 11) is 3.23. The summed E-state index contributed by atoms with van der Waals surface area (Å²) in [6.07, 6.45) is 2.63. The van der Waals surface area contributed by atoms with Crippen molar-refractivity contribution in [2.75, 3.05) is 26.1 Å². The molecule has 6 nitrogen and oxygen atoms in total. The van der Waals surface area contributed by atoms with Crippen molar-refractivity contribution in [3.63, 3.8) is 0 Å². The van der Waals surface area contributed by atoms with Crippen LogP contribution >= 0.6 is 0 Å². The number of methoxy groups -OCH3 is 2. The van der Waals surface area contributed by atoms with E-state index < -0.39 is 0 Å². The van der Waals surface area contributed by atoms with Crippen LogP contribution in [0.1, 0.15) is 30.5 Å². The summed E-state index contributed by atoms with van der Waals surface area (Å²) >= 11 is 0. The summed E-state index contributed by atoms with van der Waals surface area (Å²) in [6.45, 7) is 3.14. The van der Waals surface area contributed by atoms with Crippen molar-refractivity contribution in [1.29, 1.82) is 0 Å². The van der Waals surface area contributed by atoms with Gasteiger partial charge in [-0.1, -0.05) is 49.4 Å². The monoisotopic (exact) mass is 428 g/mol. The summed E-state index contributed by atoms with van der Waals surface area (Å²) in [6, 6.07) is 22.9. The van der Waals surface area contributed by atoms with Crippen LogP contribution in [0.2, 0.25) is 0 Å². The number of hydrogen-bond acceptors (Lipinski definition) is 6. The number of nitrogens with zero attached hydrogens (tertiary/aromatic N) is 2.